The molecule has 0 heterocycles. The molecule has 142 valence electrons. The number of nitrogens with one attached hydrogen (secondary N) is 2. The SMILES string of the molecule is CC[C@H](NC(C)=O)C(=O)Sc1ccccc1NC(=O)C1(C)CCCCC1. The van der Waals surface area contributed by atoms with Gasteiger partial charge in [0.05, 0.1) is 11.7 Å². The van der Waals surface area contributed by atoms with Crippen molar-refractivity contribution in [3.63, 3.8) is 0 Å². The molecular weight excluding hydrogens is 348 g/mol. The first-order valence-electron chi connectivity index (χ1n) is 9.25. The second-order valence-electron chi connectivity index (χ2n) is 7.15. The maximum Gasteiger partial charge on any atom is 0.230 e. The van der Waals surface area contributed by atoms with E-state index in [9.17, 15) is 14.4 Å². The van der Waals surface area contributed by atoms with Crippen LogP contribution in [-0.4, -0.2) is 23.0 Å². The number of anilines is 1. The molecule has 1 aliphatic rings. The van der Waals surface area contributed by atoms with Crippen molar-refractivity contribution in [1.29, 1.82) is 0 Å². The summed E-state index contributed by atoms with van der Waals surface area (Å²) >= 11 is 1.06. The molecule has 1 aliphatic carbocycles. The van der Waals surface area contributed by atoms with Crippen molar-refractivity contribution in [2.75, 3.05) is 5.32 Å². The quantitative estimate of drug-likeness (QED) is 0.732. The minimum atomic E-state index is -0.530. The first-order chi connectivity index (χ1) is 12.4. The van der Waals surface area contributed by atoms with Crippen LogP contribution >= 0.6 is 11.8 Å². The predicted molar refractivity (Wildman–Crippen MR) is 105 cm³/mol. The molecule has 0 unspecified atom stereocenters. The summed E-state index contributed by atoms with van der Waals surface area (Å²) in [7, 11) is 0. The molecule has 5 nitrogen and oxygen atoms in total. The lowest BCUT2D eigenvalue weighted by Crippen LogP contribution is -2.37. The summed E-state index contributed by atoms with van der Waals surface area (Å²) < 4.78 is 0. The minimum absolute atomic E-state index is 0.0200. The zero-order valence-electron chi connectivity index (χ0n) is 15.8. The average molecular weight is 377 g/mol. The molecule has 2 N–H and O–H groups in total. The fraction of sp³-hybridized carbons (Fsp3) is 0.550. The molecule has 0 aromatic heterocycles. The van der Waals surface area contributed by atoms with Crippen LogP contribution in [0.2, 0.25) is 0 Å². The summed E-state index contributed by atoms with van der Waals surface area (Å²) in [4.78, 5) is 37.3. The molecule has 1 aromatic carbocycles. The van der Waals surface area contributed by atoms with Crippen LogP contribution in [0, 0.1) is 5.41 Å². The van der Waals surface area contributed by atoms with Crippen LogP contribution in [0.4, 0.5) is 5.69 Å². The number of rotatable bonds is 6. The van der Waals surface area contributed by atoms with Gasteiger partial charge in [-0.3, -0.25) is 14.4 Å². The average Bonchev–Trinajstić information content (AvgIpc) is 2.61. The Kier molecular flexibility index (Phi) is 7.26. The third kappa shape index (κ3) is 5.34. The normalized spacial score (nSPS) is 17.2. The first kappa shape index (κ1) is 20.5. The molecule has 0 spiro atoms. The highest BCUT2D eigenvalue weighted by Crippen LogP contribution is 2.38. The fourth-order valence-corrected chi connectivity index (χ4v) is 4.20. The smallest absolute Gasteiger partial charge is 0.230 e. The fourth-order valence-electron chi connectivity index (χ4n) is 3.24. The largest absolute Gasteiger partial charge is 0.346 e. The van der Waals surface area contributed by atoms with Gasteiger partial charge >= 0.3 is 0 Å². The highest BCUT2D eigenvalue weighted by molar-refractivity contribution is 8.14. The lowest BCUT2D eigenvalue weighted by atomic mass is 9.75. The Hall–Kier alpha value is -1.82. The second kappa shape index (κ2) is 9.21. The Labute approximate surface area is 159 Å². The summed E-state index contributed by atoms with van der Waals surface area (Å²) in [6.07, 6.45) is 5.66. The van der Waals surface area contributed by atoms with Crippen LogP contribution in [0.15, 0.2) is 29.2 Å². The zero-order chi connectivity index (χ0) is 19.2. The van der Waals surface area contributed by atoms with Crippen molar-refractivity contribution in [2.45, 2.75) is 70.2 Å². The number of hydrogen-bond acceptors (Lipinski definition) is 4. The van der Waals surface area contributed by atoms with E-state index < -0.39 is 6.04 Å². The van der Waals surface area contributed by atoms with Gasteiger partial charge in [0.2, 0.25) is 16.9 Å². The number of para-hydroxylation sites is 1. The van der Waals surface area contributed by atoms with E-state index in [1.54, 1.807) is 0 Å². The number of thioether (sulfide) groups is 1. The Bertz CT molecular complexity index is 669. The molecule has 2 amide bonds. The maximum atomic E-state index is 12.8. The lowest BCUT2D eigenvalue weighted by Gasteiger charge is -2.32. The van der Waals surface area contributed by atoms with Crippen molar-refractivity contribution in [3.8, 4) is 0 Å². The number of amides is 2. The van der Waals surface area contributed by atoms with Crippen molar-refractivity contribution < 1.29 is 14.4 Å². The van der Waals surface area contributed by atoms with Crippen LogP contribution in [0.25, 0.3) is 0 Å². The summed E-state index contributed by atoms with van der Waals surface area (Å²) in [5, 5.41) is 5.56. The molecule has 0 saturated heterocycles. The zero-order valence-corrected chi connectivity index (χ0v) is 16.6. The molecule has 0 radical (unpaired) electrons. The van der Waals surface area contributed by atoms with E-state index in [2.05, 4.69) is 10.6 Å². The van der Waals surface area contributed by atoms with E-state index in [0.29, 0.717) is 17.0 Å². The molecule has 26 heavy (non-hydrogen) atoms. The Balaban J connectivity index is 2.10. The Morgan fingerprint density at radius 2 is 1.81 bits per heavy atom. The molecule has 1 atom stereocenters. The highest BCUT2D eigenvalue weighted by Gasteiger charge is 2.34. The van der Waals surface area contributed by atoms with Crippen molar-refractivity contribution in [1.82, 2.24) is 5.32 Å². The summed E-state index contributed by atoms with van der Waals surface area (Å²) in [6, 6.07) is 6.80. The third-order valence-electron chi connectivity index (χ3n) is 4.92. The van der Waals surface area contributed by atoms with Crippen molar-refractivity contribution >= 4 is 34.4 Å². The van der Waals surface area contributed by atoms with Crippen molar-refractivity contribution in [3.05, 3.63) is 24.3 Å². The van der Waals surface area contributed by atoms with Gasteiger partial charge < -0.3 is 10.6 Å². The topological polar surface area (TPSA) is 75.3 Å². The number of carbonyl (C=O) groups excluding carboxylic acids is 3. The van der Waals surface area contributed by atoms with Crippen LogP contribution in [-0.2, 0) is 14.4 Å². The van der Waals surface area contributed by atoms with Gasteiger partial charge in [-0.05, 0) is 43.2 Å². The predicted octanol–water partition coefficient (Wildman–Crippen LogP) is 4.13. The maximum absolute atomic E-state index is 12.8. The third-order valence-corrected chi connectivity index (χ3v) is 5.98. The van der Waals surface area contributed by atoms with E-state index in [-0.39, 0.29) is 22.3 Å². The number of hydrogen-bond donors (Lipinski definition) is 2. The summed E-state index contributed by atoms with van der Waals surface area (Å²) in [5.74, 6) is -0.204. The van der Waals surface area contributed by atoms with Crippen LogP contribution in [0.1, 0.15) is 59.3 Å². The van der Waals surface area contributed by atoms with Crippen LogP contribution < -0.4 is 10.6 Å². The van der Waals surface area contributed by atoms with Crippen LogP contribution in [0.3, 0.4) is 0 Å². The van der Waals surface area contributed by atoms with E-state index >= 15 is 0 Å². The van der Waals surface area contributed by atoms with E-state index in [0.717, 1.165) is 37.4 Å². The Morgan fingerprint density at radius 3 is 2.42 bits per heavy atom. The van der Waals surface area contributed by atoms with Gasteiger partial charge in [-0.2, -0.15) is 0 Å². The number of carbonyl (C=O) groups is 3. The van der Waals surface area contributed by atoms with Gasteiger partial charge in [-0.25, -0.2) is 0 Å². The van der Waals surface area contributed by atoms with Gasteiger partial charge in [0.1, 0.15) is 0 Å². The van der Waals surface area contributed by atoms with Crippen LogP contribution in [0.5, 0.6) is 0 Å². The first-order valence-corrected chi connectivity index (χ1v) is 10.1. The molecule has 6 heteroatoms. The molecule has 1 saturated carbocycles. The molecule has 2 rings (SSSR count). The second-order valence-corrected chi connectivity index (χ2v) is 8.20. The van der Waals surface area contributed by atoms with Gasteiger partial charge in [-0.1, -0.05) is 45.2 Å². The van der Waals surface area contributed by atoms with E-state index in [1.807, 2.05) is 38.1 Å². The standard InChI is InChI=1S/C20H28N2O3S/c1-4-15(21-14(2)23)18(24)26-17-11-7-6-10-16(17)22-19(25)20(3)12-8-5-9-13-20/h6-7,10-11,15H,4-5,8-9,12-13H2,1-3H3,(H,21,23)(H,22,25)/t15-/m0/s1. The highest BCUT2D eigenvalue weighted by atomic mass is 32.2. The molecule has 0 bridgehead atoms. The van der Waals surface area contributed by atoms with Gasteiger partial charge in [0, 0.05) is 17.2 Å². The summed E-state index contributed by atoms with van der Waals surface area (Å²) in [6.45, 7) is 5.28. The molecule has 1 fully saturated rings. The molecule has 1 aromatic rings. The Morgan fingerprint density at radius 1 is 1.15 bits per heavy atom. The van der Waals surface area contributed by atoms with Gasteiger partial charge in [0.15, 0.2) is 0 Å². The summed E-state index contributed by atoms with van der Waals surface area (Å²) in [5.41, 5.74) is 0.308. The van der Waals surface area contributed by atoms with Crippen molar-refractivity contribution in [2.24, 2.45) is 5.41 Å². The monoisotopic (exact) mass is 376 g/mol. The van der Waals surface area contributed by atoms with E-state index in [1.165, 1.54) is 13.3 Å². The number of benzene rings is 1. The minimum Gasteiger partial charge on any atom is -0.346 e. The van der Waals surface area contributed by atoms with Gasteiger partial charge in [-0.15, -0.1) is 0 Å². The molecular formula is C20H28N2O3S. The van der Waals surface area contributed by atoms with E-state index in [4.69, 9.17) is 0 Å². The van der Waals surface area contributed by atoms with Gasteiger partial charge in [0.25, 0.3) is 0 Å². The lowest BCUT2D eigenvalue weighted by molar-refractivity contribution is -0.126. The molecule has 0 aliphatic heterocycles.